The summed E-state index contributed by atoms with van der Waals surface area (Å²) in [5.74, 6) is 3.19. The van der Waals surface area contributed by atoms with Crippen LogP contribution in [0.3, 0.4) is 0 Å². The molecule has 4 heteroatoms. The third-order valence-corrected chi connectivity index (χ3v) is 5.06. The van der Waals surface area contributed by atoms with Crippen molar-refractivity contribution in [1.29, 1.82) is 0 Å². The molecule has 2 fully saturated rings. The molecule has 98 valence electrons. The van der Waals surface area contributed by atoms with E-state index in [-0.39, 0.29) is 5.91 Å². The van der Waals surface area contributed by atoms with Crippen LogP contribution in [0.25, 0.3) is 0 Å². The van der Waals surface area contributed by atoms with E-state index in [2.05, 4.69) is 17.6 Å². The summed E-state index contributed by atoms with van der Waals surface area (Å²) in [6.07, 6.45) is 5.90. The Bertz CT molecular complexity index is 248. The summed E-state index contributed by atoms with van der Waals surface area (Å²) in [6.45, 7) is 3.21. The van der Waals surface area contributed by atoms with E-state index in [1.54, 1.807) is 0 Å². The minimum Gasteiger partial charge on any atom is -0.353 e. The lowest BCUT2D eigenvalue weighted by Crippen LogP contribution is -2.44. The van der Waals surface area contributed by atoms with E-state index in [4.69, 9.17) is 0 Å². The number of carbonyl (C=O) groups is 1. The number of rotatable bonds is 4. The van der Waals surface area contributed by atoms with Gasteiger partial charge in [0.15, 0.2) is 0 Å². The second-order valence-corrected chi connectivity index (χ2v) is 6.48. The van der Waals surface area contributed by atoms with Crippen molar-refractivity contribution >= 4 is 17.7 Å². The highest BCUT2D eigenvalue weighted by atomic mass is 32.2. The Morgan fingerprint density at radius 3 is 2.88 bits per heavy atom. The van der Waals surface area contributed by atoms with Crippen LogP contribution in [0.1, 0.15) is 39.0 Å². The maximum absolute atomic E-state index is 11.9. The molecule has 2 atom stereocenters. The van der Waals surface area contributed by atoms with Gasteiger partial charge in [-0.1, -0.05) is 12.8 Å². The molecule has 17 heavy (non-hydrogen) atoms. The van der Waals surface area contributed by atoms with Crippen LogP contribution in [0, 0.1) is 5.92 Å². The first kappa shape index (κ1) is 13.2. The molecule has 1 unspecified atom stereocenters. The van der Waals surface area contributed by atoms with E-state index >= 15 is 0 Å². The number of nitrogens with one attached hydrogen (secondary N) is 2. The fourth-order valence-corrected chi connectivity index (χ4v) is 3.81. The lowest BCUT2D eigenvalue weighted by Gasteiger charge is -2.25. The average Bonchev–Trinajstić information content (AvgIpc) is 2.83. The highest BCUT2D eigenvalue weighted by molar-refractivity contribution is 7.99. The van der Waals surface area contributed by atoms with Crippen molar-refractivity contribution in [2.45, 2.75) is 51.1 Å². The molecule has 0 bridgehead atoms. The standard InChI is InChI=1S/C13H24N2OS/c1-10(11-4-2-3-5-11)15-13(16)8-12-9-17-7-6-14-12/h10-12,14H,2-9H2,1H3,(H,15,16)/t10-,12?/m1/s1. The minimum atomic E-state index is 0.226. The molecule has 1 aliphatic carbocycles. The molecule has 1 saturated carbocycles. The van der Waals surface area contributed by atoms with E-state index in [9.17, 15) is 4.79 Å². The van der Waals surface area contributed by atoms with Crippen molar-refractivity contribution in [3.05, 3.63) is 0 Å². The third kappa shape index (κ3) is 4.18. The molecule has 0 aromatic heterocycles. The molecular weight excluding hydrogens is 232 g/mol. The van der Waals surface area contributed by atoms with Crippen LogP contribution in [0.15, 0.2) is 0 Å². The Morgan fingerprint density at radius 1 is 1.47 bits per heavy atom. The fourth-order valence-electron chi connectivity index (χ4n) is 2.86. The van der Waals surface area contributed by atoms with Crippen molar-refractivity contribution in [2.75, 3.05) is 18.1 Å². The quantitative estimate of drug-likeness (QED) is 0.805. The molecule has 1 saturated heterocycles. The Morgan fingerprint density at radius 2 is 2.24 bits per heavy atom. The summed E-state index contributed by atoms with van der Waals surface area (Å²) < 4.78 is 0. The Labute approximate surface area is 108 Å². The van der Waals surface area contributed by atoms with Gasteiger partial charge in [0.05, 0.1) is 0 Å². The summed E-state index contributed by atoms with van der Waals surface area (Å²) in [4.78, 5) is 11.9. The Kier molecular flexibility index (Phi) is 5.16. The molecular formula is C13H24N2OS. The summed E-state index contributed by atoms with van der Waals surface area (Å²) in [5, 5.41) is 6.59. The molecule has 2 rings (SSSR count). The van der Waals surface area contributed by atoms with E-state index in [1.807, 2.05) is 11.8 Å². The zero-order chi connectivity index (χ0) is 12.1. The third-order valence-electron chi connectivity index (χ3n) is 3.93. The largest absolute Gasteiger partial charge is 0.353 e. The lowest BCUT2D eigenvalue weighted by molar-refractivity contribution is -0.122. The van der Waals surface area contributed by atoms with Gasteiger partial charge in [0.1, 0.15) is 0 Å². The maximum atomic E-state index is 11.9. The predicted octanol–water partition coefficient (Wildman–Crippen LogP) is 1.78. The topological polar surface area (TPSA) is 41.1 Å². The average molecular weight is 256 g/mol. The van der Waals surface area contributed by atoms with E-state index in [1.165, 1.54) is 31.4 Å². The van der Waals surface area contributed by atoms with Crippen molar-refractivity contribution in [3.8, 4) is 0 Å². The zero-order valence-corrected chi connectivity index (χ0v) is 11.5. The predicted molar refractivity (Wildman–Crippen MR) is 73.3 cm³/mol. The molecule has 1 heterocycles. The molecule has 0 aromatic carbocycles. The monoisotopic (exact) mass is 256 g/mol. The SMILES string of the molecule is C[C@@H](NC(=O)CC1CSCCN1)C1CCCC1. The zero-order valence-electron chi connectivity index (χ0n) is 10.7. The number of amides is 1. The maximum Gasteiger partial charge on any atom is 0.221 e. The van der Waals surface area contributed by atoms with Crippen LogP contribution >= 0.6 is 11.8 Å². The lowest BCUT2D eigenvalue weighted by atomic mass is 9.99. The van der Waals surface area contributed by atoms with E-state index in [0.717, 1.165) is 12.3 Å². The number of hydrogen-bond donors (Lipinski definition) is 2. The van der Waals surface area contributed by atoms with Gasteiger partial charge in [0, 0.05) is 36.6 Å². The molecule has 0 radical (unpaired) electrons. The van der Waals surface area contributed by atoms with Gasteiger partial charge in [0.25, 0.3) is 0 Å². The van der Waals surface area contributed by atoms with Gasteiger partial charge >= 0.3 is 0 Å². The first-order chi connectivity index (χ1) is 8.25. The van der Waals surface area contributed by atoms with Crippen LogP contribution in [0.5, 0.6) is 0 Å². The summed E-state index contributed by atoms with van der Waals surface area (Å²) in [7, 11) is 0. The molecule has 1 aliphatic heterocycles. The molecule has 2 aliphatic rings. The van der Waals surface area contributed by atoms with Gasteiger partial charge in [-0.05, 0) is 25.7 Å². The van der Waals surface area contributed by atoms with Gasteiger partial charge in [0.2, 0.25) is 5.91 Å². The second-order valence-electron chi connectivity index (χ2n) is 5.33. The van der Waals surface area contributed by atoms with Gasteiger partial charge in [-0.15, -0.1) is 0 Å². The smallest absolute Gasteiger partial charge is 0.221 e. The first-order valence-electron chi connectivity index (χ1n) is 6.86. The Balaban J connectivity index is 1.68. The van der Waals surface area contributed by atoms with Gasteiger partial charge in [-0.25, -0.2) is 0 Å². The number of thioether (sulfide) groups is 1. The molecule has 1 amide bonds. The highest BCUT2D eigenvalue weighted by Crippen LogP contribution is 2.27. The Hall–Kier alpha value is -0.220. The van der Waals surface area contributed by atoms with Gasteiger partial charge in [-0.3, -0.25) is 4.79 Å². The second kappa shape index (κ2) is 6.64. The van der Waals surface area contributed by atoms with Crippen molar-refractivity contribution < 1.29 is 4.79 Å². The van der Waals surface area contributed by atoms with Crippen molar-refractivity contribution in [3.63, 3.8) is 0 Å². The van der Waals surface area contributed by atoms with Crippen LogP contribution in [0.2, 0.25) is 0 Å². The fraction of sp³-hybridized carbons (Fsp3) is 0.923. The van der Waals surface area contributed by atoms with Crippen molar-refractivity contribution in [1.82, 2.24) is 10.6 Å². The summed E-state index contributed by atoms with van der Waals surface area (Å²) in [5.41, 5.74) is 0. The van der Waals surface area contributed by atoms with Crippen LogP contribution in [-0.4, -0.2) is 36.0 Å². The number of carbonyl (C=O) groups excluding carboxylic acids is 1. The first-order valence-corrected chi connectivity index (χ1v) is 8.01. The van der Waals surface area contributed by atoms with Crippen molar-refractivity contribution in [2.24, 2.45) is 5.92 Å². The summed E-state index contributed by atoms with van der Waals surface area (Å²) >= 11 is 1.95. The van der Waals surface area contributed by atoms with Crippen LogP contribution < -0.4 is 10.6 Å². The minimum absolute atomic E-state index is 0.226. The summed E-state index contributed by atoms with van der Waals surface area (Å²) in [6, 6.07) is 0.741. The molecule has 3 nitrogen and oxygen atoms in total. The molecule has 2 N–H and O–H groups in total. The van der Waals surface area contributed by atoms with Crippen LogP contribution in [0.4, 0.5) is 0 Å². The molecule has 0 aromatic rings. The highest BCUT2D eigenvalue weighted by Gasteiger charge is 2.24. The van der Waals surface area contributed by atoms with E-state index in [0.29, 0.717) is 24.4 Å². The molecule has 0 spiro atoms. The van der Waals surface area contributed by atoms with Gasteiger partial charge in [-0.2, -0.15) is 11.8 Å². The normalized spacial score (nSPS) is 27.9. The van der Waals surface area contributed by atoms with Gasteiger partial charge < -0.3 is 10.6 Å². The number of hydrogen-bond acceptors (Lipinski definition) is 3. The van der Waals surface area contributed by atoms with Crippen LogP contribution in [-0.2, 0) is 4.79 Å². The van der Waals surface area contributed by atoms with E-state index < -0.39 is 0 Å².